The van der Waals surface area contributed by atoms with Crippen molar-refractivity contribution in [1.82, 2.24) is 0 Å². The first-order valence-corrected chi connectivity index (χ1v) is 27.1. The zero-order chi connectivity index (χ0) is 24.6. The van der Waals surface area contributed by atoms with E-state index in [1.807, 2.05) is 6.56 Å². The Labute approximate surface area is 241 Å². The fourth-order valence-corrected chi connectivity index (χ4v) is 38.1. The molecule has 0 saturated heterocycles. The van der Waals surface area contributed by atoms with Crippen molar-refractivity contribution in [3.05, 3.63) is 101 Å². The maximum atomic E-state index is 2.67. The molecule has 2 aliphatic carbocycles. The van der Waals surface area contributed by atoms with Gasteiger partial charge in [0.2, 0.25) is 0 Å². The molecule has 4 heteroatoms. The van der Waals surface area contributed by atoms with Gasteiger partial charge in [-0.15, -0.1) is 0 Å². The molecule has 0 bridgehead atoms. The van der Waals surface area contributed by atoms with E-state index in [0.29, 0.717) is 11.8 Å². The van der Waals surface area contributed by atoms with E-state index in [1.54, 1.807) is 11.1 Å². The molecule has 0 amide bonds. The second-order valence-electron chi connectivity index (χ2n) is 10.3. The van der Waals surface area contributed by atoms with Gasteiger partial charge in [0.15, 0.2) is 0 Å². The molecule has 0 aliphatic heterocycles. The minimum Gasteiger partial charge on any atom is -1.00 e. The molecule has 0 fully saturated rings. The Morgan fingerprint density at radius 1 is 0.694 bits per heavy atom. The van der Waals surface area contributed by atoms with Crippen molar-refractivity contribution in [2.75, 3.05) is 0 Å². The molecule has 36 heavy (non-hydrogen) atoms. The van der Waals surface area contributed by atoms with Crippen LogP contribution in [0, 0.1) is 11.8 Å². The van der Waals surface area contributed by atoms with Gasteiger partial charge in [-0.25, -0.2) is 0 Å². The maximum Gasteiger partial charge on any atom is -1.00 e. The summed E-state index contributed by atoms with van der Waals surface area (Å²) in [5, 5.41) is 0. The molecule has 2 aromatic rings. The topological polar surface area (TPSA) is 0 Å². The summed E-state index contributed by atoms with van der Waals surface area (Å²) in [5.41, 5.74) is 12.0. The zero-order valence-electron chi connectivity index (χ0n) is 23.1. The quantitative estimate of drug-likeness (QED) is 0.419. The Hall–Kier alpha value is -0.594. The van der Waals surface area contributed by atoms with Crippen LogP contribution in [-0.2, 0) is 31.5 Å². The van der Waals surface area contributed by atoms with E-state index in [-0.39, 0.29) is 24.8 Å². The Morgan fingerprint density at radius 3 is 1.42 bits per heavy atom. The second-order valence-corrected chi connectivity index (χ2v) is 38.0. The van der Waals surface area contributed by atoms with Crippen molar-refractivity contribution < 1.29 is 43.4 Å². The first kappa shape index (κ1) is 31.6. The average Bonchev–Trinajstić information content (AvgIpc) is 3.29. The first-order valence-electron chi connectivity index (χ1n) is 13.0. The maximum absolute atomic E-state index is 2.67. The smallest absolute Gasteiger partial charge is 1.00 e. The Balaban J connectivity index is 0.00000228. The average molecular weight is 659 g/mol. The van der Waals surface area contributed by atoms with E-state index in [0.717, 1.165) is 12.8 Å². The molecule has 2 aromatic carbocycles. The van der Waals surface area contributed by atoms with Crippen molar-refractivity contribution in [3.63, 3.8) is 0 Å². The molecule has 2 atom stereocenters. The van der Waals surface area contributed by atoms with Gasteiger partial charge < -0.3 is 24.8 Å². The third-order valence-corrected chi connectivity index (χ3v) is 36.0. The number of hydrogen-bond donors (Lipinski definition) is 0. The number of benzene rings is 2. The molecule has 0 spiro atoms. The standard InChI is InChI=1S/2C15H17.C2H6Ge.2ClH.Zr/c2*1-4-13-6-5-7-14(10-13)15-9-11(2)8-12(15)3;1-3-2;;;/h2*5-7,9-11H,4H2,1-3H3;1-2H3;2*1H;/q;;;;;+2/p-2. The van der Waals surface area contributed by atoms with Crippen LogP contribution in [0.4, 0.5) is 0 Å². The number of halogens is 2. The fraction of sp³-hybridized carbons (Fsp3) is 0.375. The van der Waals surface area contributed by atoms with Gasteiger partial charge >= 0.3 is 218 Å². The number of rotatable bonds is 6. The van der Waals surface area contributed by atoms with E-state index in [4.69, 9.17) is 0 Å². The number of allylic oxidation sites excluding steroid dienone is 8. The summed E-state index contributed by atoms with van der Waals surface area (Å²) in [6, 6.07) is 18.5. The normalized spacial score (nSPS) is 18.8. The van der Waals surface area contributed by atoms with Crippen LogP contribution >= 0.6 is 0 Å². The molecule has 2 unspecified atom stereocenters. The van der Waals surface area contributed by atoms with Crippen LogP contribution in [0.2, 0.25) is 11.5 Å². The SMILES string of the molecule is CCc1cccc(C2=CC(C)[C]([Zr+2]([C]3=C(C)C(c4cccc(CC)c4)=CC3C)=[Ge]([CH3])[CH3])=C2C)c1.[Cl-].[Cl-]. The third-order valence-electron chi connectivity index (χ3n) is 7.69. The Kier molecular flexibility index (Phi) is 11.8. The summed E-state index contributed by atoms with van der Waals surface area (Å²) in [6.45, 7) is 14.4. The molecule has 0 N–H and O–H groups in total. The molecule has 0 nitrogen and oxygen atoms in total. The van der Waals surface area contributed by atoms with Gasteiger partial charge in [-0.1, -0.05) is 0 Å². The van der Waals surface area contributed by atoms with Crippen LogP contribution < -0.4 is 24.8 Å². The minimum absolute atomic E-state index is 0. The van der Waals surface area contributed by atoms with Crippen LogP contribution in [-0.4, -0.2) is 9.98 Å². The van der Waals surface area contributed by atoms with Gasteiger partial charge in [-0.2, -0.15) is 0 Å². The summed E-state index contributed by atoms with van der Waals surface area (Å²) in [4.78, 5) is 0. The number of hydrogen-bond acceptors (Lipinski definition) is 0. The van der Waals surface area contributed by atoms with E-state index >= 15 is 0 Å². The zero-order valence-corrected chi connectivity index (χ0v) is 29.2. The van der Waals surface area contributed by atoms with Crippen LogP contribution in [0.15, 0.2) is 78.4 Å². The monoisotopic (exact) mass is 658 g/mol. The molecule has 0 aromatic heterocycles. The molecule has 0 saturated carbocycles. The molecular weight excluding hydrogens is 619 g/mol. The van der Waals surface area contributed by atoms with Crippen LogP contribution in [0.5, 0.6) is 0 Å². The van der Waals surface area contributed by atoms with Gasteiger partial charge in [0.05, 0.1) is 0 Å². The Morgan fingerprint density at radius 2 is 1.08 bits per heavy atom. The summed E-state index contributed by atoms with van der Waals surface area (Å²) < 4.78 is 3.80. The molecule has 190 valence electrons. The molecular formula is C32H40Cl2GeZr. The van der Waals surface area contributed by atoms with Crippen molar-refractivity contribution in [3.8, 4) is 0 Å². The molecule has 0 radical (unpaired) electrons. The summed E-state index contributed by atoms with van der Waals surface area (Å²) in [7, 11) is -1.12. The second kappa shape index (κ2) is 13.5. The van der Waals surface area contributed by atoms with Crippen molar-refractivity contribution in [1.29, 1.82) is 0 Å². The summed E-state index contributed by atoms with van der Waals surface area (Å²) in [5.74, 6) is 6.52. The van der Waals surface area contributed by atoms with Gasteiger partial charge in [0.25, 0.3) is 0 Å². The van der Waals surface area contributed by atoms with E-state index in [1.165, 1.54) is 33.4 Å². The van der Waals surface area contributed by atoms with Gasteiger partial charge in [0, 0.05) is 0 Å². The molecule has 4 rings (SSSR count). The predicted molar refractivity (Wildman–Crippen MR) is 149 cm³/mol. The van der Waals surface area contributed by atoms with Crippen molar-refractivity contribution in [2.45, 2.75) is 65.9 Å². The van der Waals surface area contributed by atoms with Crippen LogP contribution in [0.1, 0.15) is 63.8 Å². The van der Waals surface area contributed by atoms with Gasteiger partial charge in [-0.05, 0) is 0 Å². The van der Waals surface area contributed by atoms with Gasteiger partial charge in [0.1, 0.15) is 0 Å². The number of aryl methyl sites for hydroxylation is 2. The first-order chi connectivity index (χ1) is 16.3. The summed E-state index contributed by atoms with van der Waals surface area (Å²) >= 11 is -1.94. The van der Waals surface area contributed by atoms with E-state index in [9.17, 15) is 0 Å². The van der Waals surface area contributed by atoms with Crippen LogP contribution in [0.3, 0.4) is 0 Å². The Bertz CT molecular complexity index is 1200. The van der Waals surface area contributed by atoms with Crippen LogP contribution in [0.25, 0.3) is 11.1 Å². The molecule has 2 aliphatic rings. The minimum atomic E-state index is -1.94. The van der Waals surface area contributed by atoms with Crippen molar-refractivity contribution >= 4 is 21.1 Å². The third kappa shape index (κ3) is 6.17. The van der Waals surface area contributed by atoms with Gasteiger partial charge in [-0.3, -0.25) is 0 Å². The predicted octanol–water partition coefficient (Wildman–Crippen LogP) is 3.00. The van der Waals surface area contributed by atoms with Crippen molar-refractivity contribution in [2.24, 2.45) is 11.8 Å². The summed E-state index contributed by atoms with van der Waals surface area (Å²) in [6.07, 6.45) is 7.39. The fourth-order valence-electron chi connectivity index (χ4n) is 5.95. The van der Waals surface area contributed by atoms with E-state index in [2.05, 4.69) is 114 Å². The largest absolute Gasteiger partial charge is 1.00 e. The van der Waals surface area contributed by atoms with E-state index < -0.39 is 28.6 Å². The molecule has 0 heterocycles.